The molecule has 0 fully saturated rings. The number of rotatable bonds is 13. The van der Waals surface area contributed by atoms with E-state index < -0.39 is 11.8 Å². The normalized spacial score (nSPS) is 12.1. The molecule has 6 nitrogen and oxygen atoms in total. The predicted octanol–water partition coefficient (Wildman–Crippen LogP) is 6.24. The molecule has 0 saturated heterocycles. The predicted molar refractivity (Wildman–Crippen MR) is 146 cm³/mol. The molecule has 1 N–H and O–H groups in total. The summed E-state index contributed by atoms with van der Waals surface area (Å²) in [6.07, 6.45) is 2.15. The number of thiol groups is 1. The van der Waals surface area contributed by atoms with Crippen molar-refractivity contribution in [3.63, 3.8) is 0 Å². The van der Waals surface area contributed by atoms with Crippen LogP contribution in [-0.4, -0.2) is 38.3 Å². The molecule has 37 heavy (non-hydrogen) atoms. The third kappa shape index (κ3) is 7.01. The van der Waals surface area contributed by atoms with Gasteiger partial charge < -0.3 is 9.84 Å². The van der Waals surface area contributed by atoms with Crippen molar-refractivity contribution >= 4 is 24.4 Å². The lowest BCUT2D eigenvalue weighted by Gasteiger charge is -2.15. The molecule has 0 radical (unpaired) electrons. The van der Waals surface area contributed by atoms with E-state index in [1.54, 1.807) is 30.3 Å². The van der Waals surface area contributed by atoms with Crippen molar-refractivity contribution in [1.82, 2.24) is 9.55 Å². The number of hydrogen-bond donors (Lipinski definition) is 2. The largest absolute Gasteiger partial charge is 0.478 e. The van der Waals surface area contributed by atoms with Gasteiger partial charge in [-0.05, 0) is 55.4 Å². The van der Waals surface area contributed by atoms with E-state index in [0.29, 0.717) is 60.9 Å². The van der Waals surface area contributed by atoms with Crippen molar-refractivity contribution in [2.24, 2.45) is 5.92 Å². The Morgan fingerprint density at radius 1 is 1.16 bits per heavy atom. The van der Waals surface area contributed by atoms with E-state index in [1.807, 2.05) is 18.4 Å². The average molecular weight is 527 g/mol. The second-order valence-electron chi connectivity index (χ2n) is 9.43. The van der Waals surface area contributed by atoms with Gasteiger partial charge in [0.1, 0.15) is 11.6 Å². The van der Waals surface area contributed by atoms with Gasteiger partial charge in [-0.25, -0.2) is 14.2 Å². The van der Waals surface area contributed by atoms with Crippen molar-refractivity contribution in [1.29, 1.82) is 0 Å². The Hall–Kier alpha value is -3.13. The van der Waals surface area contributed by atoms with Gasteiger partial charge in [-0.2, -0.15) is 12.6 Å². The Balaban J connectivity index is 1.92. The lowest BCUT2D eigenvalue weighted by Crippen LogP contribution is -2.18. The van der Waals surface area contributed by atoms with Crippen LogP contribution in [0.4, 0.5) is 4.39 Å². The zero-order valence-electron chi connectivity index (χ0n) is 21.8. The number of ketones is 1. The molecule has 2 aromatic carbocycles. The monoisotopic (exact) mass is 526 g/mol. The minimum atomic E-state index is -1.07. The van der Waals surface area contributed by atoms with Crippen molar-refractivity contribution in [3.05, 3.63) is 70.8 Å². The molecule has 0 aliphatic rings. The second kappa shape index (κ2) is 12.9. The summed E-state index contributed by atoms with van der Waals surface area (Å²) in [7, 11) is 0. The van der Waals surface area contributed by atoms with Gasteiger partial charge in [0.2, 0.25) is 0 Å². The SMILES string of the molecule is CCOc1nc(CC)c(CCC(=O)[C@@H](S)CC(C)C)n1Cc1ccc(-c2ccccc2C(=O)O)cc1F. The molecule has 0 aliphatic carbocycles. The molecule has 1 aromatic heterocycles. The van der Waals surface area contributed by atoms with E-state index in [9.17, 15) is 14.7 Å². The number of carbonyl (C=O) groups is 2. The summed E-state index contributed by atoms with van der Waals surface area (Å²) in [5.41, 5.74) is 3.14. The molecule has 0 saturated carbocycles. The van der Waals surface area contributed by atoms with Crippen LogP contribution in [0.2, 0.25) is 0 Å². The zero-order chi connectivity index (χ0) is 27.1. The van der Waals surface area contributed by atoms with Gasteiger partial charge in [-0.3, -0.25) is 9.36 Å². The highest BCUT2D eigenvalue weighted by molar-refractivity contribution is 7.81. The van der Waals surface area contributed by atoms with Crippen LogP contribution in [0.15, 0.2) is 42.5 Å². The fourth-order valence-corrected chi connectivity index (χ4v) is 4.95. The number of Topliss-reactive ketones (excluding diaryl/α,β-unsaturated/α-hetero) is 1. The molecule has 0 unspecified atom stereocenters. The highest BCUT2D eigenvalue weighted by Gasteiger charge is 2.22. The van der Waals surface area contributed by atoms with E-state index in [0.717, 1.165) is 11.4 Å². The topological polar surface area (TPSA) is 81.4 Å². The minimum Gasteiger partial charge on any atom is -0.478 e. The molecule has 3 rings (SSSR count). The number of aromatic carboxylic acids is 1. The number of aromatic nitrogens is 2. The molecule has 0 bridgehead atoms. The van der Waals surface area contributed by atoms with Crippen LogP contribution in [0.5, 0.6) is 6.01 Å². The highest BCUT2D eigenvalue weighted by Crippen LogP contribution is 2.28. The van der Waals surface area contributed by atoms with Gasteiger partial charge in [0, 0.05) is 17.7 Å². The van der Waals surface area contributed by atoms with Crippen LogP contribution >= 0.6 is 12.6 Å². The quantitative estimate of drug-likeness (QED) is 0.258. The van der Waals surface area contributed by atoms with E-state index in [4.69, 9.17) is 4.74 Å². The Morgan fingerprint density at radius 2 is 1.89 bits per heavy atom. The van der Waals surface area contributed by atoms with Crippen LogP contribution in [0.3, 0.4) is 0 Å². The maximum atomic E-state index is 15.3. The molecular weight excluding hydrogens is 491 g/mol. The third-order valence-corrected chi connectivity index (χ3v) is 6.75. The average Bonchev–Trinajstić information content (AvgIpc) is 3.19. The number of aryl methyl sites for hydroxylation is 1. The Bertz CT molecular complexity index is 1250. The Kier molecular flexibility index (Phi) is 9.92. The number of ether oxygens (including phenoxy) is 1. The first kappa shape index (κ1) is 28.4. The van der Waals surface area contributed by atoms with E-state index in [-0.39, 0.29) is 23.1 Å². The van der Waals surface area contributed by atoms with Crippen molar-refractivity contribution in [2.75, 3.05) is 6.61 Å². The number of halogens is 1. The number of carbonyl (C=O) groups excluding carboxylic acids is 1. The van der Waals surface area contributed by atoms with Gasteiger partial charge in [0.25, 0.3) is 6.01 Å². The maximum absolute atomic E-state index is 15.3. The molecule has 0 aliphatic heterocycles. The Morgan fingerprint density at radius 3 is 2.51 bits per heavy atom. The molecule has 0 spiro atoms. The first-order valence-corrected chi connectivity index (χ1v) is 13.2. The molecule has 1 atom stereocenters. The third-order valence-electron chi connectivity index (χ3n) is 6.25. The van der Waals surface area contributed by atoms with Crippen molar-refractivity contribution in [2.45, 2.75) is 65.2 Å². The maximum Gasteiger partial charge on any atom is 0.336 e. The lowest BCUT2D eigenvalue weighted by molar-refractivity contribution is -0.118. The Labute approximate surface area is 223 Å². The second-order valence-corrected chi connectivity index (χ2v) is 10.1. The van der Waals surface area contributed by atoms with Crippen LogP contribution in [0.1, 0.15) is 67.8 Å². The number of carboxylic acid groups (broad SMARTS) is 1. The van der Waals surface area contributed by atoms with Gasteiger partial charge in [0.05, 0.1) is 29.7 Å². The van der Waals surface area contributed by atoms with Gasteiger partial charge >= 0.3 is 5.97 Å². The molecule has 8 heteroatoms. The summed E-state index contributed by atoms with van der Waals surface area (Å²) >= 11 is 4.49. The van der Waals surface area contributed by atoms with Crippen molar-refractivity contribution < 1.29 is 23.8 Å². The summed E-state index contributed by atoms with van der Waals surface area (Å²) in [5, 5.41) is 9.19. The van der Waals surface area contributed by atoms with Crippen LogP contribution in [0, 0.1) is 11.7 Å². The van der Waals surface area contributed by atoms with Gasteiger partial charge in [-0.1, -0.05) is 51.1 Å². The lowest BCUT2D eigenvalue weighted by atomic mass is 9.98. The van der Waals surface area contributed by atoms with E-state index in [1.165, 1.54) is 12.1 Å². The standard InChI is InChI=1S/C29H35FN2O4S/c1-5-24-25(13-14-26(33)27(37)15-18(3)4)32(29(31-24)36-6-2)17-20-12-11-19(16-23(20)30)21-9-7-8-10-22(21)28(34)35/h7-12,16,18,27,37H,5-6,13-15,17H2,1-4H3,(H,34,35)/t27-/m0/s1. The fourth-order valence-electron chi connectivity index (χ4n) is 4.40. The molecule has 1 heterocycles. The summed E-state index contributed by atoms with van der Waals surface area (Å²) in [6.45, 7) is 8.56. The molecule has 0 amide bonds. The molecule has 198 valence electrons. The summed E-state index contributed by atoms with van der Waals surface area (Å²) in [4.78, 5) is 29.0. The smallest absolute Gasteiger partial charge is 0.336 e. The van der Waals surface area contributed by atoms with E-state index in [2.05, 4.69) is 31.5 Å². The summed E-state index contributed by atoms with van der Waals surface area (Å²) < 4.78 is 23.0. The van der Waals surface area contributed by atoms with Crippen LogP contribution < -0.4 is 4.74 Å². The summed E-state index contributed by atoms with van der Waals surface area (Å²) in [5.74, 6) is -1.07. The van der Waals surface area contributed by atoms with Crippen LogP contribution in [0.25, 0.3) is 11.1 Å². The number of hydrogen-bond acceptors (Lipinski definition) is 5. The van der Waals surface area contributed by atoms with Gasteiger partial charge in [-0.15, -0.1) is 0 Å². The number of benzene rings is 2. The first-order valence-electron chi connectivity index (χ1n) is 12.7. The molecule has 3 aromatic rings. The minimum absolute atomic E-state index is 0.0809. The van der Waals surface area contributed by atoms with Crippen molar-refractivity contribution in [3.8, 4) is 17.1 Å². The molecular formula is C29H35FN2O4S. The van der Waals surface area contributed by atoms with E-state index >= 15 is 4.39 Å². The highest BCUT2D eigenvalue weighted by atomic mass is 32.1. The fraction of sp³-hybridized carbons (Fsp3) is 0.414. The number of imidazole rings is 1. The first-order chi connectivity index (χ1) is 17.7. The van der Waals surface area contributed by atoms with Gasteiger partial charge in [0.15, 0.2) is 0 Å². The number of carboxylic acids is 1. The zero-order valence-corrected chi connectivity index (χ0v) is 22.7. The van der Waals surface area contributed by atoms with Crippen LogP contribution in [-0.2, 0) is 24.2 Å². The summed E-state index contributed by atoms with van der Waals surface area (Å²) in [6, 6.07) is 11.7. The number of nitrogens with zero attached hydrogens (tertiary/aromatic N) is 2.